The minimum Gasteiger partial charge on any atom is -0.483 e. The molecule has 2 saturated carbocycles. The lowest BCUT2D eigenvalue weighted by Crippen LogP contribution is -2.42. The number of ether oxygens (including phenoxy) is 1. The van der Waals surface area contributed by atoms with Crippen LogP contribution in [0.2, 0.25) is 10.0 Å². The van der Waals surface area contributed by atoms with Crippen molar-refractivity contribution in [1.29, 1.82) is 0 Å². The van der Waals surface area contributed by atoms with Crippen molar-refractivity contribution in [2.45, 2.75) is 28.8 Å². The van der Waals surface area contributed by atoms with Gasteiger partial charge in [0.2, 0.25) is 11.8 Å². The van der Waals surface area contributed by atoms with Gasteiger partial charge in [-0.2, -0.15) is 13.2 Å². The largest absolute Gasteiger partial charge is 0.483 e. The number of thioether (sulfide) groups is 1. The fourth-order valence-electron chi connectivity index (χ4n) is 8.21. The Labute approximate surface area is 294 Å². The van der Waals surface area contributed by atoms with Gasteiger partial charge in [0, 0.05) is 37.3 Å². The second kappa shape index (κ2) is 11.9. The van der Waals surface area contributed by atoms with Crippen LogP contribution in [0.5, 0.6) is 5.75 Å². The molecule has 49 heavy (non-hydrogen) atoms. The summed E-state index contributed by atoms with van der Waals surface area (Å²) < 4.78 is 46.8. The number of carbonyl (C=O) groups is 3. The Morgan fingerprint density at radius 2 is 1.67 bits per heavy atom. The van der Waals surface area contributed by atoms with E-state index in [-0.39, 0.29) is 40.2 Å². The first-order valence-corrected chi connectivity index (χ1v) is 17.8. The van der Waals surface area contributed by atoms with Crippen LogP contribution in [-0.2, 0) is 20.6 Å². The van der Waals surface area contributed by atoms with Crippen LogP contribution >= 0.6 is 46.3 Å². The molecule has 252 valence electrons. The summed E-state index contributed by atoms with van der Waals surface area (Å²) in [5, 5.41) is 4.15. The number of halogens is 5. The van der Waals surface area contributed by atoms with Crippen LogP contribution in [0.15, 0.2) is 76.6 Å². The topological polar surface area (TPSA) is 109 Å². The van der Waals surface area contributed by atoms with Crippen LogP contribution in [0.4, 0.5) is 24.5 Å². The third-order valence-corrected chi connectivity index (χ3v) is 13.0. The van der Waals surface area contributed by atoms with E-state index in [2.05, 4.69) is 10.3 Å². The molecule has 4 unspecified atom stereocenters. The number of aromatic nitrogens is 1. The van der Waals surface area contributed by atoms with Gasteiger partial charge in [-0.1, -0.05) is 40.6 Å². The Morgan fingerprint density at radius 1 is 0.959 bits per heavy atom. The average Bonchev–Trinajstić information content (AvgIpc) is 3.80. The minimum absolute atomic E-state index is 0.100. The Balaban J connectivity index is 1.13. The summed E-state index contributed by atoms with van der Waals surface area (Å²) in [5.74, 6) is -3.77. The van der Waals surface area contributed by atoms with Crippen LogP contribution in [0.25, 0.3) is 0 Å². The zero-order chi connectivity index (χ0) is 34.4. The molecule has 8 nitrogen and oxygen atoms in total. The summed E-state index contributed by atoms with van der Waals surface area (Å²) in [4.78, 5) is 57.9. The van der Waals surface area contributed by atoms with Crippen LogP contribution in [0.3, 0.4) is 0 Å². The minimum atomic E-state index is -4.64. The molecule has 4 aromatic rings. The number of aromatic amines is 1. The monoisotopic (exact) mass is 745 g/mol. The molecule has 15 heteroatoms. The van der Waals surface area contributed by atoms with Crippen LogP contribution in [0, 0.1) is 29.6 Å². The smallest absolute Gasteiger partial charge is 0.416 e. The number of nitrogens with zero attached hydrogens (tertiary/aromatic N) is 1. The molecule has 2 aliphatic carbocycles. The highest BCUT2D eigenvalue weighted by molar-refractivity contribution is 8.00. The zero-order valence-corrected chi connectivity index (χ0v) is 28.1. The number of H-pyrrole nitrogens is 1. The molecule has 0 spiro atoms. The number of alkyl halides is 3. The third kappa shape index (κ3) is 5.45. The number of hydrogen-bond acceptors (Lipinski definition) is 7. The van der Waals surface area contributed by atoms with E-state index >= 15 is 0 Å². The fourth-order valence-corrected chi connectivity index (χ4v) is 11.4. The number of fused-ring (bicyclic) bond motifs is 9. The summed E-state index contributed by atoms with van der Waals surface area (Å²) in [5.41, 5.74) is 0.124. The maximum absolute atomic E-state index is 14.0. The number of thiazole rings is 1. The van der Waals surface area contributed by atoms with Gasteiger partial charge in [-0.05, 0) is 84.8 Å². The van der Waals surface area contributed by atoms with E-state index in [0.29, 0.717) is 38.5 Å². The van der Waals surface area contributed by atoms with Gasteiger partial charge in [-0.25, -0.2) is 0 Å². The summed E-state index contributed by atoms with van der Waals surface area (Å²) in [6, 6.07) is 15.9. The number of imide groups is 1. The lowest BCUT2D eigenvalue weighted by Gasteiger charge is -2.43. The molecule has 2 N–H and O–H groups in total. The van der Waals surface area contributed by atoms with E-state index < -0.39 is 47.2 Å². The van der Waals surface area contributed by atoms with E-state index in [9.17, 15) is 32.3 Å². The van der Waals surface area contributed by atoms with Gasteiger partial charge in [-0.3, -0.25) is 24.1 Å². The lowest BCUT2D eigenvalue weighted by molar-refractivity contribution is -0.137. The maximum Gasteiger partial charge on any atom is 0.416 e. The van der Waals surface area contributed by atoms with E-state index in [1.54, 1.807) is 42.5 Å². The number of anilines is 2. The summed E-state index contributed by atoms with van der Waals surface area (Å²) >= 11 is 15.0. The van der Waals surface area contributed by atoms with Crippen LogP contribution < -0.4 is 19.8 Å². The SMILES string of the molecule is O=C(COc1ccc(Cl)cc1[C@H]1c2sc(=O)[nH]c2SC2C1[C@H]1C[C@@H]2C2C(=O)N(c3cccc(C(F)(F)F)c3)C(=O)C21)Nc1ccc(Cl)cc1. The van der Waals surface area contributed by atoms with Crippen LogP contribution in [-0.4, -0.2) is 34.6 Å². The molecule has 0 radical (unpaired) electrons. The van der Waals surface area contributed by atoms with Gasteiger partial charge in [0.15, 0.2) is 6.61 Å². The second-order valence-electron chi connectivity index (χ2n) is 12.5. The average molecular weight is 747 g/mol. The summed E-state index contributed by atoms with van der Waals surface area (Å²) in [6.45, 7) is -0.335. The molecule has 3 heterocycles. The first-order chi connectivity index (χ1) is 23.4. The molecule has 3 fully saturated rings. The molecular formula is C34H24Cl2F3N3O5S2. The van der Waals surface area contributed by atoms with Gasteiger partial charge in [0.1, 0.15) is 5.75 Å². The van der Waals surface area contributed by atoms with Gasteiger partial charge in [-0.15, -0.1) is 11.8 Å². The molecule has 8 rings (SSSR count). The number of hydrogen-bond donors (Lipinski definition) is 2. The van der Waals surface area contributed by atoms with Gasteiger partial charge in [0.25, 0.3) is 5.91 Å². The van der Waals surface area contributed by atoms with E-state index in [1.165, 1.54) is 23.9 Å². The maximum atomic E-state index is 14.0. The number of benzene rings is 3. The zero-order valence-electron chi connectivity index (χ0n) is 25.0. The van der Waals surface area contributed by atoms with Crippen molar-refractivity contribution in [3.8, 4) is 5.75 Å². The standard InChI is InChI=1S/C34H24Cl2F3N3O5S2/c35-15-4-7-17(8-5-15)40-23(43)13-47-22-9-6-16(36)11-19(22)24-25-20-12-21(28(25)48-30-29(24)49-33(46)41-30)27-26(20)31(44)42(32(27)45)18-3-1-2-14(10-18)34(37,38)39/h1-11,20-21,24-28H,12-13H2,(H,40,43)(H,41,46)/t20-,21-,24-,25?,26?,27?,28?/m1/s1. The first-order valence-electron chi connectivity index (χ1n) is 15.3. The molecular weight excluding hydrogens is 722 g/mol. The molecule has 7 atom stereocenters. The predicted octanol–water partition coefficient (Wildman–Crippen LogP) is 7.46. The Hall–Kier alpha value is -3.78. The Morgan fingerprint density at radius 3 is 2.41 bits per heavy atom. The van der Waals surface area contributed by atoms with Crippen molar-refractivity contribution >= 4 is 75.4 Å². The highest BCUT2D eigenvalue weighted by Crippen LogP contribution is 2.69. The van der Waals surface area contributed by atoms with Crippen molar-refractivity contribution in [3.63, 3.8) is 0 Å². The summed E-state index contributed by atoms with van der Waals surface area (Å²) in [7, 11) is 0. The second-order valence-corrected chi connectivity index (χ2v) is 15.6. The van der Waals surface area contributed by atoms with Crippen molar-refractivity contribution in [2.24, 2.45) is 29.6 Å². The number of nitrogens with one attached hydrogen (secondary N) is 2. The quantitative estimate of drug-likeness (QED) is 0.199. The van der Waals surface area contributed by atoms with Gasteiger partial charge < -0.3 is 15.0 Å². The predicted molar refractivity (Wildman–Crippen MR) is 179 cm³/mol. The van der Waals surface area contributed by atoms with Crippen molar-refractivity contribution in [2.75, 3.05) is 16.8 Å². The molecule has 1 saturated heterocycles. The highest BCUT2D eigenvalue weighted by Gasteiger charge is 2.70. The number of carbonyl (C=O) groups excluding carboxylic acids is 3. The van der Waals surface area contributed by atoms with E-state index in [1.807, 2.05) is 0 Å². The molecule has 3 amide bonds. The molecule has 3 aromatic carbocycles. The highest BCUT2D eigenvalue weighted by atomic mass is 35.5. The van der Waals surface area contributed by atoms with Crippen LogP contribution in [0.1, 0.15) is 28.3 Å². The molecule has 2 aliphatic heterocycles. The number of amides is 3. The van der Waals surface area contributed by atoms with Crippen molar-refractivity contribution in [1.82, 2.24) is 4.98 Å². The van der Waals surface area contributed by atoms with Crippen molar-refractivity contribution < 1.29 is 32.3 Å². The lowest BCUT2D eigenvalue weighted by atomic mass is 9.68. The first kappa shape index (κ1) is 32.4. The molecule has 1 aromatic heterocycles. The molecule has 2 bridgehead atoms. The van der Waals surface area contributed by atoms with E-state index in [4.69, 9.17) is 27.9 Å². The molecule has 4 aliphatic rings. The third-order valence-electron chi connectivity index (χ3n) is 9.95. The van der Waals surface area contributed by atoms with Crippen molar-refractivity contribution in [3.05, 3.63) is 102 Å². The summed E-state index contributed by atoms with van der Waals surface area (Å²) in [6.07, 6.45) is -4.07. The van der Waals surface area contributed by atoms with Gasteiger partial charge in [0.05, 0.1) is 28.1 Å². The fraction of sp³-hybridized carbons (Fsp3) is 0.294. The van der Waals surface area contributed by atoms with Gasteiger partial charge >= 0.3 is 11.0 Å². The number of rotatable bonds is 6. The Kier molecular flexibility index (Phi) is 7.89. The normalized spacial score (nSPS) is 26.8. The van der Waals surface area contributed by atoms with E-state index in [0.717, 1.165) is 33.2 Å². The Bertz CT molecular complexity index is 2090.